The molecule has 0 bridgehead atoms. The van der Waals surface area contributed by atoms with Gasteiger partial charge < -0.3 is 5.11 Å². The average molecular weight is 296 g/mol. The lowest BCUT2D eigenvalue weighted by molar-refractivity contribution is -0.138. The minimum absolute atomic E-state index is 0.274. The van der Waals surface area contributed by atoms with Gasteiger partial charge in [0.25, 0.3) is 0 Å². The van der Waals surface area contributed by atoms with Gasteiger partial charge in [0.15, 0.2) is 0 Å². The molecule has 0 saturated carbocycles. The van der Waals surface area contributed by atoms with Crippen molar-refractivity contribution in [2.45, 2.75) is 12.3 Å². The molecule has 2 aromatic rings. The molecule has 0 saturated heterocycles. The lowest BCUT2D eigenvalue weighted by Crippen LogP contribution is -2.16. The first kappa shape index (κ1) is 13.8. The third kappa shape index (κ3) is 3.46. The topological polar surface area (TPSA) is 50.2 Å². The number of nitrogens with zero attached hydrogens (tertiary/aromatic N) is 1. The van der Waals surface area contributed by atoms with Crippen molar-refractivity contribution < 1.29 is 9.90 Å². The van der Waals surface area contributed by atoms with Crippen LogP contribution in [-0.2, 0) is 11.2 Å². The lowest BCUT2D eigenvalue weighted by atomic mass is 9.96. The van der Waals surface area contributed by atoms with Gasteiger partial charge >= 0.3 is 5.97 Å². The average Bonchev–Trinajstić information content (AvgIpc) is 2.38. The maximum absolute atomic E-state index is 11.4. The summed E-state index contributed by atoms with van der Waals surface area (Å²) in [5, 5.41) is 10.0. The number of aromatic nitrogens is 1. The zero-order valence-corrected chi connectivity index (χ0v) is 11.4. The van der Waals surface area contributed by atoms with Crippen molar-refractivity contribution >= 4 is 29.2 Å². The van der Waals surface area contributed by atoms with Gasteiger partial charge in [-0.05, 0) is 18.1 Å². The van der Waals surface area contributed by atoms with Crippen LogP contribution < -0.4 is 0 Å². The quantitative estimate of drug-likeness (QED) is 0.933. The zero-order chi connectivity index (χ0) is 13.8. The van der Waals surface area contributed by atoms with Crippen molar-refractivity contribution in [1.82, 2.24) is 4.98 Å². The first-order chi connectivity index (χ1) is 9.08. The molecule has 1 aromatic heterocycles. The van der Waals surface area contributed by atoms with Crippen LogP contribution in [0, 0.1) is 0 Å². The van der Waals surface area contributed by atoms with Crippen molar-refractivity contribution in [3.8, 4) is 0 Å². The van der Waals surface area contributed by atoms with Crippen LogP contribution in [0.3, 0.4) is 0 Å². The molecule has 0 aliphatic rings. The van der Waals surface area contributed by atoms with Crippen LogP contribution in [0.25, 0.3) is 0 Å². The summed E-state index contributed by atoms with van der Waals surface area (Å²) < 4.78 is 0. The molecule has 1 heterocycles. The molecule has 0 aliphatic heterocycles. The van der Waals surface area contributed by atoms with E-state index in [0.717, 1.165) is 5.56 Å². The van der Waals surface area contributed by atoms with Crippen molar-refractivity contribution in [2.75, 3.05) is 0 Å². The molecule has 1 aromatic carbocycles. The van der Waals surface area contributed by atoms with Crippen LogP contribution in [0.4, 0.5) is 0 Å². The Morgan fingerprint density at radius 1 is 1.26 bits per heavy atom. The molecule has 0 radical (unpaired) electrons. The van der Waals surface area contributed by atoms with E-state index in [9.17, 15) is 9.90 Å². The zero-order valence-electron chi connectivity index (χ0n) is 9.88. The summed E-state index contributed by atoms with van der Waals surface area (Å²) in [5.74, 6) is -1.74. The highest BCUT2D eigenvalue weighted by Gasteiger charge is 2.24. The van der Waals surface area contributed by atoms with E-state index >= 15 is 0 Å². The smallest absolute Gasteiger partial charge is 0.312 e. The Labute approximate surface area is 120 Å². The van der Waals surface area contributed by atoms with Crippen LogP contribution >= 0.6 is 23.2 Å². The molecule has 0 aliphatic carbocycles. The van der Waals surface area contributed by atoms with Crippen LogP contribution in [0.5, 0.6) is 0 Å². The molecule has 0 amide bonds. The molecule has 2 rings (SSSR count). The molecular formula is C14H11Cl2NO2. The van der Waals surface area contributed by atoms with Gasteiger partial charge in [0.1, 0.15) is 5.92 Å². The van der Waals surface area contributed by atoms with Crippen LogP contribution in [-0.4, -0.2) is 16.1 Å². The highest BCUT2D eigenvalue weighted by Crippen LogP contribution is 2.28. The molecule has 0 spiro atoms. The second-order valence-electron chi connectivity index (χ2n) is 4.10. The number of rotatable bonds is 4. The number of aliphatic carboxylic acids is 1. The van der Waals surface area contributed by atoms with Crippen LogP contribution in [0.2, 0.25) is 10.0 Å². The standard InChI is InChI=1S/C14H11Cl2NO2/c15-10-7-12(16)13(17-8-10)11(14(18)19)6-9-4-2-1-3-5-9/h1-5,7-8,11H,6H2,(H,18,19). The van der Waals surface area contributed by atoms with Crippen LogP contribution in [0.1, 0.15) is 17.2 Å². The normalized spacial score (nSPS) is 12.1. The molecule has 1 unspecified atom stereocenters. The third-order valence-electron chi connectivity index (χ3n) is 2.75. The number of hydrogen-bond donors (Lipinski definition) is 1. The summed E-state index contributed by atoms with van der Waals surface area (Å²) in [7, 11) is 0. The highest BCUT2D eigenvalue weighted by molar-refractivity contribution is 6.34. The molecule has 98 valence electrons. The van der Waals surface area contributed by atoms with E-state index in [-0.39, 0.29) is 5.02 Å². The van der Waals surface area contributed by atoms with Gasteiger partial charge in [-0.1, -0.05) is 53.5 Å². The number of carboxylic acid groups (broad SMARTS) is 1. The fourth-order valence-corrected chi connectivity index (χ4v) is 2.34. The molecule has 1 atom stereocenters. The van der Waals surface area contributed by atoms with E-state index in [2.05, 4.69) is 4.98 Å². The first-order valence-corrected chi connectivity index (χ1v) is 6.41. The Balaban J connectivity index is 2.33. The number of carbonyl (C=O) groups is 1. The van der Waals surface area contributed by atoms with Crippen LogP contribution in [0.15, 0.2) is 42.6 Å². The van der Waals surface area contributed by atoms with Gasteiger partial charge in [-0.15, -0.1) is 0 Å². The maximum Gasteiger partial charge on any atom is 0.312 e. The first-order valence-electron chi connectivity index (χ1n) is 5.65. The van der Waals surface area contributed by atoms with Gasteiger partial charge in [0.2, 0.25) is 0 Å². The van der Waals surface area contributed by atoms with E-state index in [1.54, 1.807) is 0 Å². The van der Waals surface area contributed by atoms with E-state index < -0.39 is 11.9 Å². The lowest BCUT2D eigenvalue weighted by Gasteiger charge is -2.13. The Hall–Kier alpha value is -1.58. The predicted molar refractivity (Wildman–Crippen MR) is 74.8 cm³/mol. The Morgan fingerprint density at radius 3 is 2.53 bits per heavy atom. The maximum atomic E-state index is 11.4. The van der Waals surface area contributed by atoms with Gasteiger partial charge in [0, 0.05) is 6.20 Å². The summed E-state index contributed by atoms with van der Waals surface area (Å²) in [6.07, 6.45) is 1.74. The fourth-order valence-electron chi connectivity index (χ4n) is 1.83. The van der Waals surface area contributed by atoms with Gasteiger partial charge in [-0.2, -0.15) is 0 Å². The van der Waals surface area contributed by atoms with E-state index in [1.807, 2.05) is 30.3 Å². The summed E-state index contributed by atoms with van der Waals surface area (Å²) in [6, 6.07) is 10.9. The minimum Gasteiger partial charge on any atom is -0.481 e. The molecule has 3 nitrogen and oxygen atoms in total. The van der Waals surface area contributed by atoms with Gasteiger partial charge in [-0.25, -0.2) is 0 Å². The number of benzene rings is 1. The van der Waals surface area contributed by atoms with E-state index in [1.165, 1.54) is 12.3 Å². The number of pyridine rings is 1. The summed E-state index contributed by atoms with van der Waals surface area (Å²) in [5.41, 5.74) is 1.25. The Morgan fingerprint density at radius 2 is 1.95 bits per heavy atom. The monoisotopic (exact) mass is 295 g/mol. The van der Waals surface area contributed by atoms with E-state index in [4.69, 9.17) is 23.2 Å². The Kier molecular flexibility index (Phi) is 4.40. The SMILES string of the molecule is O=C(O)C(Cc1ccccc1)c1ncc(Cl)cc1Cl. The fraction of sp³-hybridized carbons (Fsp3) is 0.143. The highest BCUT2D eigenvalue weighted by atomic mass is 35.5. The third-order valence-corrected chi connectivity index (χ3v) is 3.26. The summed E-state index contributed by atoms with van der Waals surface area (Å²) in [4.78, 5) is 15.5. The summed E-state index contributed by atoms with van der Waals surface area (Å²) >= 11 is 11.8. The molecule has 5 heteroatoms. The number of hydrogen-bond acceptors (Lipinski definition) is 2. The van der Waals surface area contributed by atoms with E-state index in [0.29, 0.717) is 17.1 Å². The van der Waals surface area contributed by atoms with Gasteiger partial charge in [0.05, 0.1) is 15.7 Å². The second kappa shape index (κ2) is 6.04. The summed E-state index contributed by atoms with van der Waals surface area (Å²) in [6.45, 7) is 0. The molecule has 19 heavy (non-hydrogen) atoms. The van der Waals surface area contributed by atoms with Crippen molar-refractivity contribution in [3.05, 3.63) is 63.9 Å². The van der Waals surface area contributed by atoms with Crippen molar-refractivity contribution in [3.63, 3.8) is 0 Å². The second-order valence-corrected chi connectivity index (χ2v) is 4.94. The minimum atomic E-state index is -0.958. The molecular weight excluding hydrogens is 285 g/mol. The number of carboxylic acids is 1. The largest absolute Gasteiger partial charge is 0.481 e. The molecule has 0 fully saturated rings. The van der Waals surface area contributed by atoms with Crippen molar-refractivity contribution in [2.24, 2.45) is 0 Å². The number of halogens is 2. The van der Waals surface area contributed by atoms with Gasteiger partial charge in [-0.3, -0.25) is 9.78 Å². The van der Waals surface area contributed by atoms with Crippen molar-refractivity contribution in [1.29, 1.82) is 0 Å². The Bertz CT molecular complexity index is 587. The molecule has 1 N–H and O–H groups in total. The predicted octanol–water partition coefficient (Wildman–Crippen LogP) is 3.80.